The summed E-state index contributed by atoms with van der Waals surface area (Å²) in [4.78, 5) is 28.2. The van der Waals surface area contributed by atoms with Crippen LogP contribution in [0.3, 0.4) is 0 Å². The second-order valence-electron chi connectivity index (χ2n) is 6.52. The third-order valence-corrected chi connectivity index (χ3v) is 6.03. The Labute approximate surface area is 202 Å². The third-order valence-electron chi connectivity index (χ3n) is 4.39. The molecule has 174 valence electrons. The van der Waals surface area contributed by atoms with Crippen LogP contribution in [0.1, 0.15) is 43.5 Å². The Kier molecular flexibility index (Phi) is 8.60. The highest BCUT2D eigenvalue weighted by atomic mass is 35.5. The summed E-state index contributed by atoms with van der Waals surface area (Å²) in [6, 6.07) is 7.22. The van der Waals surface area contributed by atoms with Crippen molar-refractivity contribution in [3.8, 4) is 11.5 Å². The molecule has 0 saturated carbocycles. The van der Waals surface area contributed by atoms with Crippen LogP contribution in [0.4, 0.5) is 8.78 Å². The number of carbonyl (C=O) groups excluding carboxylic acids is 2. The lowest BCUT2D eigenvalue weighted by atomic mass is 10.0. The van der Waals surface area contributed by atoms with Crippen molar-refractivity contribution < 1.29 is 32.6 Å². The Hall–Kier alpha value is -2.75. The molecular formula is C22H17Cl2F2NO5S. The molecule has 33 heavy (non-hydrogen) atoms. The van der Waals surface area contributed by atoms with E-state index in [-0.39, 0.29) is 39.4 Å². The number of esters is 1. The molecule has 0 amide bonds. The van der Waals surface area contributed by atoms with Crippen molar-refractivity contribution in [3.63, 3.8) is 0 Å². The molecule has 0 aliphatic heterocycles. The molecule has 0 fully saturated rings. The molecule has 3 rings (SSSR count). The number of aldehydes is 1. The third kappa shape index (κ3) is 6.40. The van der Waals surface area contributed by atoms with E-state index in [2.05, 4.69) is 9.72 Å². The maximum Gasteiger partial charge on any atom is 0.387 e. The molecular weight excluding hydrogens is 499 g/mol. The largest absolute Gasteiger partial charge is 0.490 e. The van der Waals surface area contributed by atoms with E-state index in [4.69, 9.17) is 32.7 Å². The molecule has 0 aliphatic carbocycles. The number of rotatable bonds is 10. The summed E-state index contributed by atoms with van der Waals surface area (Å²) < 4.78 is 41.2. The maximum atomic E-state index is 12.8. The van der Waals surface area contributed by atoms with Crippen LogP contribution in [0, 0.1) is 0 Å². The molecule has 0 bridgehead atoms. The monoisotopic (exact) mass is 515 g/mol. The summed E-state index contributed by atoms with van der Waals surface area (Å²) >= 11 is 13.5. The zero-order valence-electron chi connectivity index (χ0n) is 17.1. The molecule has 6 nitrogen and oxygen atoms in total. The SMILES string of the molecule is CCOc1cc([C@H](Cc2c(Cl)cncc2Cl)OC(=O)c2ccc(C=O)s2)ccc1OC(F)F. The number of thiophene rings is 1. The molecule has 0 spiro atoms. The van der Waals surface area contributed by atoms with Crippen molar-refractivity contribution in [3.05, 3.63) is 73.7 Å². The van der Waals surface area contributed by atoms with Gasteiger partial charge in [0.1, 0.15) is 11.0 Å². The summed E-state index contributed by atoms with van der Waals surface area (Å²) in [5.74, 6) is -0.776. The average Bonchev–Trinajstić information content (AvgIpc) is 3.26. The highest BCUT2D eigenvalue weighted by Gasteiger charge is 2.24. The number of hydrogen-bond donors (Lipinski definition) is 0. The van der Waals surface area contributed by atoms with Gasteiger partial charge in [-0.15, -0.1) is 11.3 Å². The van der Waals surface area contributed by atoms with Crippen LogP contribution >= 0.6 is 34.5 Å². The smallest absolute Gasteiger partial charge is 0.387 e. The quantitative estimate of drug-likeness (QED) is 0.229. The first-order chi connectivity index (χ1) is 15.8. The van der Waals surface area contributed by atoms with Gasteiger partial charge in [-0.1, -0.05) is 29.3 Å². The fraction of sp³-hybridized carbons (Fsp3) is 0.227. The number of carbonyl (C=O) groups is 2. The van der Waals surface area contributed by atoms with Gasteiger partial charge in [0.05, 0.1) is 21.5 Å². The zero-order chi connectivity index (χ0) is 24.0. The van der Waals surface area contributed by atoms with Crippen molar-refractivity contribution in [2.24, 2.45) is 0 Å². The van der Waals surface area contributed by atoms with Crippen molar-refractivity contribution in [1.82, 2.24) is 4.98 Å². The number of pyridine rings is 1. The Morgan fingerprint density at radius 2 is 1.88 bits per heavy atom. The first kappa shape index (κ1) is 24.9. The second-order valence-corrected chi connectivity index (χ2v) is 8.45. The van der Waals surface area contributed by atoms with Crippen LogP contribution in [-0.2, 0) is 11.2 Å². The Bertz CT molecular complexity index is 1120. The fourth-order valence-corrected chi connectivity index (χ4v) is 4.17. The minimum Gasteiger partial charge on any atom is -0.490 e. The summed E-state index contributed by atoms with van der Waals surface area (Å²) in [5.41, 5.74) is 0.918. The average molecular weight is 516 g/mol. The van der Waals surface area contributed by atoms with Gasteiger partial charge in [-0.25, -0.2) is 4.79 Å². The normalized spacial score (nSPS) is 11.8. The lowest BCUT2D eigenvalue weighted by Crippen LogP contribution is -2.14. The lowest BCUT2D eigenvalue weighted by molar-refractivity contribution is -0.0514. The van der Waals surface area contributed by atoms with Crippen LogP contribution < -0.4 is 9.47 Å². The first-order valence-electron chi connectivity index (χ1n) is 9.57. The molecule has 0 aliphatic rings. The maximum absolute atomic E-state index is 12.8. The van der Waals surface area contributed by atoms with Gasteiger partial charge in [-0.05, 0) is 42.3 Å². The van der Waals surface area contributed by atoms with Crippen LogP contribution in [0.5, 0.6) is 11.5 Å². The summed E-state index contributed by atoms with van der Waals surface area (Å²) in [5, 5.41) is 0.538. The summed E-state index contributed by atoms with van der Waals surface area (Å²) in [6.07, 6.45) is 2.59. The van der Waals surface area contributed by atoms with Gasteiger partial charge in [-0.2, -0.15) is 8.78 Å². The minimum atomic E-state index is -3.04. The molecule has 3 aromatic rings. The molecule has 0 unspecified atom stereocenters. The molecule has 0 N–H and O–H groups in total. The molecule has 2 heterocycles. The van der Waals surface area contributed by atoms with Gasteiger partial charge in [0.15, 0.2) is 17.8 Å². The lowest BCUT2D eigenvalue weighted by Gasteiger charge is -2.21. The Balaban J connectivity index is 1.99. The second kappa shape index (κ2) is 11.4. The highest BCUT2D eigenvalue weighted by Crippen LogP contribution is 2.36. The first-order valence-corrected chi connectivity index (χ1v) is 11.1. The number of benzene rings is 1. The number of hydrogen-bond acceptors (Lipinski definition) is 7. The number of alkyl halides is 2. The molecule has 2 aromatic heterocycles. The van der Waals surface area contributed by atoms with E-state index in [0.717, 1.165) is 11.3 Å². The van der Waals surface area contributed by atoms with Crippen molar-refractivity contribution >= 4 is 46.8 Å². The number of ether oxygens (including phenoxy) is 3. The summed E-state index contributed by atoms with van der Waals surface area (Å²) in [7, 11) is 0. The van der Waals surface area contributed by atoms with E-state index in [0.29, 0.717) is 22.3 Å². The van der Waals surface area contributed by atoms with E-state index in [1.54, 1.807) is 6.92 Å². The van der Waals surface area contributed by atoms with Gasteiger partial charge in [0.2, 0.25) is 0 Å². The van der Waals surface area contributed by atoms with Crippen LogP contribution in [0.15, 0.2) is 42.7 Å². The standard InChI is InChI=1S/C22H17Cl2F2NO5S/c1-2-30-19-7-12(3-5-17(19)32-22(25)26)18(8-14-15(23)9-27-10-16(14)24)31-21(29)20-6-4-13(11-28)33-20/h3-7,9-11,18,22H,2,8H2,1H3/t18-/m0/s1. The Morgan fingerprint density at radius 1 is 1.15 bits per heavy atom. The van der Waals surface area contributed by atoms with Gasteiger partial charge >= 0.3 is 12.6 Å². The predicted molar refractivity (Wildman–Crippen MR) is 120 cm³/mol. The van der Waals surface area contributed by atoms with E-state index < -0.39 is 18.7 Å². The molecule has 1 atom stereocenters. The zero-order valence-corrected chi connectivity index (χ0v) is 19.4. The number of halogens is 4. The minimum absolute atomic E-state index is 0.0580. The van der Waals surface area contributed by atoms with Crippen LogP contribution in [-0.4, -0.2) is 30.5 Å². The summed E-state index contributed by atoms with van der Waals surface area (Å²) in [6.45, 7) is -1.16. The van der Waals surface area contributed by atoms with Crippen molar-refractivity contribution in [2.45, 2.75) is 26.1 Å². The van der Waals surface area contributed by atoms with E-state index in [1.165, 1.54) is 42.7 Å². The molecule has 0 saturated heterocycles. The fourth-order valence-electron chi connectivity index (χ4n) is 2.95. The van der Waals surface area contributed by atoms with Gasteiger partial charge < -0.3 is 14.2 Å². The van der Waals surface area contributed by atoms with E-state index >= 15 is 0 Å². The van der Waals surface area contributed by atoms with E-state index in [1.807, 2.05) is 0 Å². The molecule has 0 radical (unpaired) electrons. The number of nitrogens with zero attached hydrogens (tertiary/aromatic N) is 1. The van der Waals surface area contributed by atoms with Crippen LogP contribution in [0.25, 0.3) is 0 Å². The van der Waals surface area contributed by atoms with Crippen LogP contribution in [0.2, 0.25) is 10.0 Å². The molecule has 11 heteroatoms. The predicted octanol–water partition coefficient (Wildman–Crippen LogP) is 6.40. The highest BCUT2D eigenvalue weighted by molar-refractivity contribution is 7.15. The van der Waals surface area contributed by atoms with Gasteiger partial charge in [0.25, 0.3) is 0 Å². The number of aromatic nitrogens is 1. The van der Waals surface area contributed by atoms with E-state index in [9.17, 15) is 18.4 Å². The van der Waals surface area contributed by atoms with Crippen molar-refractivity contribution in [2.75, 3.05) is 6.61 Å². The van der Waals surface area contributed by atoms with Gasteiger partial charge in [0, 0.05) is 18.8 Å². The molecule has 1 aromatic carbocycles. The topological polar surface area (TPSA) is 74.7 Å². The van der Waals surface area contributed by atoms with Crippen molar-refractivity contribution in [1.29, 1.82) is 0 Å². The van der Waals surface area contributed by atoms with Gasteiger partial charge in [-0.3, -0.25) is 9.78 Å². The Morgan fingerprint density at radius 3 is 2.48 bits per heavy atom.